The second kappa shape index (κ2) is 5.87. The molecule has 134 valence electrons. The quantitative estimate of drug-likeness (QED) is 0.904. The van der Waals surface area contributed by atoms with E-state index in [4.69, 9.17) is 9.47 Å². The number of H-pyrrole nitrogens is 1. The highest BCUT2D eigenvalue weighted by Gasteiger charge is 2.32. The van der Waals surface area contributed by atoms with E-state index in [9.17, 15) is 9.59 Å². The standard InChI is InChI=1S/C17H20FN3O4/c1-9-13-11(16(22)19-17(23)21(13)10-3-4-10)15(24-2)12(18)14(9)20-5-7-25-8-6-20/h10H,3-8H2,1-2H3,(H,19,22,23). The van der Waals surface area contributed by atoms with Gasteiger partial charge in [0.15, 0.2) is 11.6 Å². The predicted molar refractivity (Wildman–Crippen MR) is 91.4 cm³/mol. The maximum Gasteiger partial charge on any atom is 0.329 e. The largest absolute Gasteiger partial charge is 0.493 e. The van der Waals surface area contributed by atoms with E-state index in [1.54, 1.807) is 11.5 Å². The lowest BCUT2D eigenvalue weighted by atomic mass is 10.1. The number of anilines is 1. The number of fused-ring (bicyclic) bond motifs is 1. The van der Waals surface area contributed by atoms with Crippen molar-refractivity contribution in [2.45, 2.75) is 25.8 Å². The Bertz CT molecular complexity index is 955. The van der Waals surface area contributed by atoms with Gasteiger partial charge in [-0.15, -0.1) is 0 Å². The summed E-state index contributed by atoms with van der Waals surface area (Å²) in [7, 11) is 1.34. The normalized spacial score (nSPS) is 18.0. The van der Waals surface area contributed by atoms with Crippen molar-refractivity contribution in [3.8, 4) is 5.75 Å². The Morgan fingerprint density at radius 3 is 2.52 bits per heavy atom. The molecule has 2 fully saturated rings. The van der Waals surface area contributed by atoms with E-state index in [-0.39, 0.29) is 17.2 Å². The third kappa shape index (κ3) is 2.43. The molecule has 4 rings (SSSR count). The molecular formula is C17H20FN3O4. The van der Waals surface area contributed by atoms with Gasteiger partial charge >= 0.3 is 5.69 Å². The van der Waals surface area contributed by atoms with Crippen molar-refractivity contribution in [2.75, 3.05) is 38.3 Å². The summed E-state index contributed by atoms with van der Waals surface area (Å²) in [6.45, 7) is 3.86. The van der Waals surface area contributed by atoms with Gasteiger partial charge in [0.25, 0.3) is 5.56 Å². The van der Waals surface area contributed by atoms with E-state index in [1.165, 1.54) is 7.11 Å². The summed E-state index contributed by atoms with van der Waals surface area (Å²) in [5.74, 6) is -0.682. The molecule has 0 unspecified atom stereocenters. The first-order valence-electron chi connectivity index (χ1n) is 8.41. The minimum absolute atomic E-state index is 0.0401. The van der Waals surface area contributed by atoms with Crippen LogP contribution in [-0.2, 0) is 4.74 Å². The molecule has 1 aliphatic heterocycles. The molecular weight excluding hydrogens is 329 g/mol. The summed E-state index contributed by atoms with van der Waals surface area (Å²) in [5, 5.41) is 0.0982. The number of hydrogen-bond acceptors (Lipinski definition) is 5. The number of halogens is 1. The number of aromatic nitrogens is 2. The van der Waals surface area contributed by atoms with Crippen LogP contribution in [0.2, 0.25) is 0 Å². The summed E-state index contributed by atoms with van der Waals surface area (Å²) >= 11 is 0. The first kappa shape index (κ1) is 16.1. The molecule has 7 nitrogen and oxygen atoms in total. The highest BCUT2D eigenvalue weighted by molar-refractivity contribution is 5.93. The third-order valence-electron chi connectivity index (χ3n) is 4.93. The Morgan fingerprint density at radius 2 is 1.92 bits per heavy atom. The SMILES string of the molecule is COc1c(F)c(N2CCOCC2)c(C)c2c1c(=O)[nH]c(=O)n2C1CC1. The molecule has 1 aromatic heterocycles. The molecule has 2 aromatic rings. The summed E-state index contributed by atoms with van der Waals surface area (Å²) < 4.78 is 27.4. The zero-order chi connectivity index (χ0) is 17.7. The fourth-order valence-electron chi connectivity index (χ4n) is 3.66. The molecule has 0 amide bonds. The number of nitrogens with zero attached hydrogens (tertiary/aromatic N) is 2. The number of nitrogens with one attached hydrogen (secondary N) is 1. The molecule has 2 aliphatic rings. The number of aryl methyl sites for hydroxylation is 1. The van der Waals surface area contributed by atoms with Gasteiger partial charge in [-0.05, 0) is 19.8 Å². The molecule has 2 heterocycles. The van der Waals surface area contributed by atoms with E-state index >= 15 is 4.39 Å². The van der Waals surface area contributed by atoms with E-state index < -0.39 is 17.1 Å². The zero-order valence-corrected chi connectivity index (χ0v) is 14.2. The lowest BCUT2D eigenvalue weighted by Gasteiger charge is -2.31. The molecule has 0 atom stereocenters. The molecule has 1 saturated heterocycles. The lowest BCUT2D eigenvalue weighted by molar-refractivity contribution is 0.122. The van der Waals surface area contributed by atoms with Crippen LogP contribution in [0.1, 0.15) is 24.4 Å². The van der Waals surface area contributed by atoms with E-state index in [1.807, 2.05) is 4.90 Å². The smallest absolute Gasteiger partial charge is 0.329 e. The van der Waals surface area contributed by atoms with Gasteiger partial charge in [0.1, 0.15) is 5.39 Å². The highest BCUT2D eigenvalue weighted by Crippen LogP contribution is 2.42. The fourth-order valence-corrected chi connectivity index (χ4v) is 3.66. The van der Waals surface area contributed by atoms with Crippen LogP contribution in [0.25, 0.3) is 10.9 Å². The molecule has 1 aliphatic carbocycles. The van der Waals surface area contributed by atoms with Gasteiger partial charge < -0.3 is 14.4 Å². The molecule has 8 heteroatoms. The highest BCUT2D eigenvalue weighted by atomic mass is 19.1. The molecule has 0 radical (unpaired) electrons. The summed E-state index contributed by atoms with van der Waals surface area (Å²) in [4.78, 5) is 29.0. The molecule has 0 spiro atoms. The predicted octanol–water partition coefficient (Wildman–Crippen LogP) is 1.32. The Balaban J connectivity index is 2.12. The van der Waals surface area contributed by atoms with Crippen molar-refractivity contribution in [3.05, 3.63) is 32.2 Å². The van der Waals surface area contributed by atoms with Crippen LogP contribution in [0.5, 0.6) is 5.75 Å². The van der Waals surface area contributed by atoms with Crippen LogP contribution in [0.3, 0.4) is 0 Å². The molecule has 1 N–H and O–H groups in total. The van der Waals surface area contributed by atoms with Crippen LogP contribution in [0, 0.1) is 12.7 Å². The average Bonchev–Trinajstić information content (AvgIpc) is 3.42. The Labute approximate surface area is 143 Å². The van der Waals surface area contributed by atoms with Gasteiger partial charge in [-0.25, -0.2) is 9.18 Å². The van der Waals surface area contributed by atoms with Crippen molar-refractivity contribution in [2.24, 2.45) is 0 Å². The molecule has 0 bridgehead atoms. The first-order chi connectivity index (χ1) is 12.0. The van der Waals surface area contributed by atoms with Gasteiger partial charge in [0.2, 0.25) is 0 Å². The number of ether oxygens (including phenoxy) is 2. The molecule has 1 aromatic carbocycles. The first-order valence-corrected chi connectivity index (χ1v) is 8.41. The van der Waals surface area contributed by atoms with Crippen LogP contribution in [0.15, 0.2) is 9.59 Å². The van der Waals surface area contributed by atoms with E-state index in [2.05, 4.69) is 4.98 Å². The number of rotatable bonds is 3. The minimum Gasteiger partial charge on any atom is -0.493 e. The van der Waals surface area contributed by atoms with Crippen molar-refractivity contribution in [1.82, 2.24) is 9.55 Å². The average molecular weight is 349 g/mol. The maximum absolute atomic E-state index is 15.2. The second-order valence-corrected chi connectivity index (χ2v) is 6.50. The van der Waals surface area contributed by atoms with Crippen LogP contribution >= 0.6 is 0 Å². The fraction of sp³-hybridized carbons (Fsp3) is 0.529. The van der Waals surface area contributed by atoms with Crippen LogP contribution in [0.4, 0.5) is 10.1 Å². The Kier molecular flexibility index (Phi) is 3.79. The molecule has 25 heavy (non-hydrogen) atoms. The van der Waals surface area contributed by atoms with Gasteiger partial charge in [0, 0.05) is 24.7 Å². The summed E-state index contributed by atoms with van der Waals surface area (Å²) in [5.41, 5.74) is 0.363. The van der Waals surface area contributed by atoms with E-state index in [0.29, 0.717) is 43.1 Å². The zero-order valence-electron chi connectivity index (χ0n) is 14.2. The summed E-state index contributed by atoms with van der Waals surface area (Å²) in [6, 6.07) is 0.0401. The number of aromatic amines is 1. The minimum atomic E-state index is -0.621. The van der Waals surface area contributed by atoms with Gasteiger partial charge in [-0.2, -0.15) is 0 Å². The topological polar surface area (TPSA) is 76.6 Å². The Morgan fingerprint density at radius 1 is 1.24 bits per heavy atom. The Hall–Kier alpha value is -2.35. The van der Waals surface area contributed by atoms with Crippen molar-refractivity contribution in [1.29, 1.82) is 0 Å². The lowest BCUT2D eigenvalue weighted by Crippen LogP contribution is -2.38. The number of morpholine rings is 1. The maximum atomic E-state index is 15.2. The second-order valence-electron chi connectivity index (χ2n) is 6.50. The van der Waals surface area contributed by atoms with Gasteiger partial charge in [-0.1, -0.05) is 0 Å². The number of methoxy groups -OCH3 is 1. The van der Waals surface area contributed by atoms with Crippen LogP contribution in [-0.4, -0.2) is 43.0 Å². The van der Waals surface area contributed by atoms with Crippen molar-refractivity contribution in [3.63, 3.8) is 0 Å². The summed E-state index contributed by atoms with van der Waals surface area (Å²) in [6.07, 6.45) is 1.74. The van der Waals surface area contributed by atoms with Gasteiger partial charge in [-0.3, -0.25) is 14.3 Å². The molecule has 1 saturated carbocycles. The monoisotopic (exact) mass is 349 g/mol. The number of benzene rings is 1. The van der Waals surface area contributed by atoms with Crippen LogP contribution < -0.4 is 20.9 Å². The number of hydrogen-bond donors (Lipinski definition) is 1. The van der Waals surface area contributed by atoms with Crippen molar-refractivity contribution >= 4 is 16.6 Å². The van der Waals surface area contributed by atoms with Crippen molar-refractivity contribution < 1.29 is 13.9 Å². The third-order valence-corrected chi connectivity index (χ3v) is 4.93. The van der Waals surface area contributed by atoms with E-state index in [0.717, 1.165) is 12.8 Å². The van der Waals surface area contributed by atoms with Gasteiger partial charge in [0.05, 0.1) is 31.5 Å².